The van der Waals surface area contributed by atoms with Crippen LogP contribution in [0.5, 0.6) is 0 Å². The fourth-order valence-electron chi connectivity index (χ4n) is 2.17. The molecule has 0 spiro atoms. The van der Waals surface area contributed by atoms with E-state index in [1.54, 1.807) is 4.90 Å². The van der Waals surface area contributed by atoms with Crippen molar-refractivity contribution in [3.63, 3.8) is 0 Å². The maximum atomic E-state index is 12.0. The summed E-state index contributed by atoms with van der Waals surface area (Å²) in [4.78, 5) is 14.9. The lowest BCUT2D eigenvalue weighted by Gasteiger charge is -2.16. The van der Waals surface area contributed by atoms with Crippen LogP contribution in [0.4, 0.5) is 11.4 Å². The Morgan fingerprint density at radius 1 is 1.33 bits per heavy atom. The van der Waals surface area contributed by atoms with Crippen LogP contribution in [-0.4, -0.2) is 5.91 Å². The number of halogens is 1. The summed E-state index contributed by atoms with van der Waals surface area (Å²) in [6.45, 7) is 0.577. The second kappa shape index (κ2) is 4.30. The van der Waals surface area contributed by atoms with Crippen molar-refractivity contribution in [2.75, 3.05) is 10.6 Å². The molecule has 0 radical (unpaired) electrons. The van der Waals surface area contributed by atoms with Crippen molar-refractivity contribution in [2.45, 2.75) is 13.0 Å². The van der Waals surface area contributed by atoms with Gasteiger partial charge in [0.2, 0.25) is 5.91 Å². The van der Waals surface area contributed by atoms with Crippen LogP contribution in [0, 0.1) is 0 Å². The van der Waals surface area contributed by atoms with Crippen LogP contribution in [-0.2, 0) is 17.8 Å². The Hall–Kier alpha value is -1.52. The first-order valence-corrected chi connectivity index (χ1v) is 6.76. The number of benzene rings is 1. The van der Waals surface area contributed by atoms with Crippen molar-refractivity contribution >= 4 is 40.2 Å². The lowest BCUT2D eigenvalue weighted by molar-refractivity contribution is -0.117. The van der Waals surface area contributed by atoms with Gasteiger partial charge in [0.05, 0.1) is 17.3 Å². The molecular formula is C13H11ClN2OS. The molecule has 2 aromatic rings. The Bertz CT molecular complexity index is 623. The Labute approximate surface area is 114 Å². The van der Waals surface area contributed by atoms with E-state index in [0.29, 0.717) is 18.7 Å². The molecule has 1 aromatic carbocycles. The van der Waals surface area contributed by atoms with Crippen molar-refractivity contribution in [3.05, 3.63) is 45.1 Å². The number of hydrogen-bond acceptors (Lipinski definition) is 3. The zero-order valence-corrected chi connectivity index (χ0v) is 11.1. The number of hydrogen-bond donors (Lipinski definition) is 1. The molecule has 3 nitrogen and oxygen atoms in total. The van der Waals surface area contributed by atoms with Crippen LogP contribution in [0.1, 0.15) is 10.4 Å². The van der Waals surface area contributed by atoms with Gasteiger partial charge in [0, 0.05) is 16.3 Å². The van der Waals surface area contributed by atoms with Gasteiger partial charge in [0.15, 0.2) is 0 Å². The lowest BCUT2D eigenvalue weighted by atomic mass is 10.1. The summed E-state index contributed by atoms with van der Waals surface area (Å²) in [6.07, 6.45) is 0.430. The third-order valence-corrected chi connectivity index (χ3v) is 4.20. The molecule has 0 aliphatic carbocycles. The maximum Gasteiger partial charge on any atom is 0.231 e. The first kappa shape index (κ1) is 11.6. The van der Waals surface area contributed by atoms with Crippen molar-refractivity contribution < 1.29 is 4.79 Å². The first-order chi connectivity index (χ1) is 8.63. The SMILES string of the molecule is Nc1ccc2c(c1)CC(=O)N2Cc1ccc(Cl)s1. The molecular weight excluding hydrogens is 268 g/mol. The van der Waals surface area contributed by atoms with Crippen LogP contribution in [0.2, 0.25) is 4.34 Å². The van der Waals surface area contributed by atoms with Gasteiger partial charge < -0.3 is 10.6 Å². The Kier molecular flexibility index (Phi) is 2.76. The third-order valence-electron chi connectivity index (χ3n) is 2.98. The monoisotopic (exact) mass is 278 g/mol. The van der Waals surface area contributed by atoms with Gasteiger partial charge in [-0.2, -0.15) is 0 Å². The average molecular weight is 279 g/mol. The third kappa shape index (κ3) is 1.98. The summed E-state index contributed by atoms with van der Waals surface area (Å²) in [5.74, 6) is 0.111. The van der Waals surface area contributed by atoms with Gasteiger partial charge >= 0.3 is 0 Å². The lowest BCUT2D eigenvalue weighted by Crippen LogP contribution is -2.25. The molecule has 3 rings (SSSR count). The van der Waals surface area contributed by atoms with E-state index in [2.05, 4.69) is 0 Å². The van der Waals surface area contributed by atoms with Gasteiger partial charge in [-0.05, 0) is 35.9 Å². The number of amides is 1. The van der Waals surface area contributed by atoms with Crippen molar-refractivity contribution in [3.8, 4) is 0 Å². The largest absolute Gasteiger partial charge is 0.399 e. The normalized spacial score (nSPS) is 14.1. The number of anilines is 2. The molecule has 5 heteroatoms. The molecule has 0 saturated heterocycles. The molecule has 1 aliphatic rings. The highest BCUT2D eigenvalue weighted by Gasteiger charge is 2.27. The number of rotatable bonds is 2. The predicted molar refractivity (Wildman–Crippen MR) is 75.1 cm³/mol. The zero-order valence-electron chi connectivity index (χ0n) is 9.52. The van der Waals surface area contributed by atoms with Crippen LogP contribution in [0.3, 0.4) is 0 Å². The molecule has 18 heavy (non-hydrogen) atoms. The van der Waals surface area contributed by atoms with Gasteiger partial charge in [-0.1, -0.05) is 11.6 Å². The number of fused-ring (bicyclic) bond motifs is 1. The van der Waals surface area contributed by atoms with Gasteiger partial charge in [-0.3, -0.25) is 4.79 Å². The van der Waals surface area contributed by atoms with Gasteiger partial charge in [0.1, 0.15) is 0 Å². The molecule has 2 N–H and O–H groups in total. The van der Waals surface area contributed by atoms with E-state index in [1.807, 2.05) is 30.3 Å². The topological polar surface area (TPSA) is 46.3 Å². The molecule has 1 aromatic heterocycles. The Balaban J connectivity index is 1.92. The van der Waals surface area contributed by atoms with E-state index in [4.69, 9.17) is 17.3 Å². The molecule has 2 heterocycles. The van der Waals surface area contributed by atoms with Crippen molar-refractivity contribution in [2.24, 2.45) is 0 Å². The number of nitrogens with zero attached hydrogens (tertiary/aromatic N) is 1. The fraction of sp³-hybridized carbons (Fsp3) is 0.154. The summed E-state index contributed by atoms with van der Waals surface area (Å²) < 4.78 is 0.745. The second-order valence-electron chi connectivity index (χ2n) is 4.25. The predicted octanol–water partition coefficient (Wildman–Crippen LogP) is 3.07. The minimum absolute atomic E-state index is 0.111. The Morgan fingerprint density at radius 2 is 2.17 bits per heavy atom. The summed E-state index contributed by atoms with van der Waals surface area (Å²) >= 11 is 7.40. The summed E-state index contributed by atoms with van der Waals surface area (Å²) in [7, 11) is 0. The number of thiophene rings is 1. The molecule has 0 bridgehead atoms. The number of carbonyl (C=O) groups excluding carboxylic acids is 1. The van der Waals surface area contributed by atoms with E-state index in [9.17, 15) is 4.79 Å². The molecule has 92 valence electrons. The quantitative estimate of drug-likeness (QED) is 0.858. The van der Waals surface area contributed by atoms with Crippen molar-refractivity contribution in [1.82, 2.24) is 0 Å². The summed E-state index contributed by atoms with van der Waals surface area (Å²) in [5.41, 5.74) is 8.39. The molecule has 1 aliphatic heterocycles. The van der Waals surface area contributed by atoms with E-state index < -0.39 is 0 Å². The number of nitrogen functional groups attached to an aromatic ring is 1. The number of carbonyl (C=O) groups is 1. The van der Waals surface area contributed by atoms with Crippen LogP contribution in [0.25, 0.3) is 0 Å². The van der Waals surface area contributed by atoms with Gasteiger partial charge in [-0.25, -0.2) is 0 Å². The van der Waals surface area contributed by atoms with E-state index >= 15 is 0 Å². The van der Waals surface area contributed by atoms with Crippen LogP contribution >= 0.6 is 22.9 Å². The molecule has 1 amide bonds. The standard InChI is InChI=1S/C13H11ClN2OS/c14-12-4-2-10(18-12)7-16-11-3-1-9(15)5-8(11)6-13(16)17/h1-5H,6-7,15H2. The molecule has 0 atom stereocenters. The average Bonchev–Trinajstić information content (AvgIpc) is 2.84. The minimum atomic E-state index is 0.111. The first-order valence-electron chi connectivity index (χ1n) is 5.56. The van der Waals surface area contributed by atoms with Gasteiger partial charge in [0.25, 0.3) is 0 Å². The zero-order chi connectivity index (χ0) is 12.7. The van der Waals surface area contributed by atoms with E-state index in [-0.39, 0.29) is 5.91 Å². The fourth-order valence-corrected chi connectivity index (χ4v) is 3.25. The van der Waals surface area contributed by atoms with E-state index in [0.717, 1.165) is 20.5 Å². The Morgan fingerprint density at radius 3 is 2.89 bits per heavy atom. The number of nitrogens with two attached hydrogens (primary N) is 1. The summed E-state index contributed by atoms with van der Waals surface area (Å²) in [6, 6.07) is 9.41. The minimum Gasteiger partial charge on any atom is -0.399 e. The summed E-state index contributed by atoms with van der Waals surface area (Å²) in [5, 5.41) is 0. The van der Waals surface area contributed by atoms with Crippen LogP contribution in [0.15, 0.2) is 30.3 Å². The highest BCUT2D eigenvalue weighted by Crippen LogP contribution is 2.33. The second-order valence-corrected chi connectivity index (χ2v) is 6.05. The molecule has 0 unspecified atom stereocenters. The van der Waals surface area contributed by atoms with Crippen LogP contribution < -0.4 is 10.6 Å². The van der Waals surface area contributed by atoms with Crippen molar-refractivity contribution in [1.29, 1.82) is 0 Å². The highest BCUT2D eigenvalue weighted by molar-refractivity contribution is 7.16. The smallest absolute Gasteiger partial charge is 0.231 e. The maximum absolute atomic E-state index is 12.0. The van der Waals surface area contributed by atoms with Gasteiger partial charge in [-0.15, -0.1) is 11.3 Å². The highest BCUT2D eigenvalue weighted by atomic mass is 35.5. The van der Waals surface area contributed by atoms with E-state index in [1.165, 1.54) is 11.3 Å². The molecule has 0 saturated carbocycles. The molecule has 0 fully saturated rings.